The topological polar surface area (TPSA) is 26.3 Å². The van der Waals surface area contributed by atoms with Crippen molar-refractivity contribution < 1.29 is 13.9 Å². The van der Waals surface area contributed by atoms with Crippen LogP contribution in [0, 0.1) is 5.82 Å². The number of carbonyl (C=O) groups is 1. The summed E-state index contributed by atoms with van der Waals surface area (Å²) in [6.45, 7) is 3.50. The highest BCUT2D eigenvalue weighted by atomic mass is 32.1. The van der Waals surface area contributed by atoms with E-state index in [0.717, 1.165) is 11.3 Å². The number of hydrogen-bond acceptors (Lipinski definition) is 3. The predicted molar refractivity (Wildman–Crippen MR) is 44.8 cm³/mol. The average Bonchev–Trinajstić information content (AvgIpc) is 2.34. The highest BCUT2D eigenvalue weighted by molar-refractivity contribution is 7.12. The molecule has 0 fully saturated rings. The Labute approximate surface area is 74.0 Å². The molecule has 0 spiro atoms. The molecular formula is C8H9FO2S. The van der Waals surface area contributed by atoms with Gasteiger partial charge in [-0.05, 0) is 19.9 Å². The van der Waals surface area contributed by atoms with E-state index >= 15 is 0 Å². The zero-order valence-corrected chi connectivity index (χ0v) is 7.65. The lowest BCUT2D eigenvalue weighted by molar-refractivity contribution is 0.0383. The van der Waals surface area contributed by atoms with Gasteiger partial charge in [-0.1, -0.05) is 0 Å². The molecule has 0 N–H and O–H groups in total. The molecule has 0 bridgehead atoms. The van der Waals surface area contributed by atoms with E-state index in [-0.39, 0.29) is 6.10 Å². The van der Waals surface area contributed by atoms with Crippen LogP contribution in [0.4, 0.5) is 4.39 Å². The van der Waals surface area contributed by atoms with Gasteiger partial charge in [-0.15, -0.1) is 11.3 Å². The molecule has 2 nitrogen and oxygen atoms in total. The third-order valence-corrected chi connectivity index (χ3v) is 1.99. The van der Waals surface area contributed by atoms with Gasteiger partial charge in [0.25, 0.3) is 0 Å². The summed E-state index contributed by atoms with van der Waals surface area (Å²) in [5.41, 5.74) is 0. The van der Waals surface area contributed by atoms with Crippen LogP contribution in [0.1, 0.15) is 23.5 Å². The minimum Gasteiger partial charge on any atom is -0.459 e. The van der Waals surface area contributed by atoms with Gasteiger partial charge in [0.2, 0.25) is 0 Å². The summed E-state index contributed by atoms with van der Waals surface area (Å²) in [4.78, 5) is 11.4. The summed E-state index contributed by atoms with van der Waals surface area (Å²) in [6, 6.07) is 1.18. The van der Waals surface area contributed by atoms with Crippen molar-refractivity contribution in [3.8, 4) is 0 Å². The average molecular weight is 188 g/mol. The quantitative estimate of drug-likeness (QED) is 0.666. The minimum atomic E-state index is -0.459. The molecule has 0 radical (unpaired) electrons. The Bertz CT molecular complexity index is 280. The Morgan fingerprint density at radius 1 is 1.67 bits per heavy atom. The zero-order chi connectivity index (χ0) is 9.14. The van der Waals surface area contributed by atoms with E-state index in [4.69, 9.17) is 4.74 Å². The second-order valence-electron chi connectivity index (χ2n) is 2.58. The fourth-order valence-electron chi connectivity index (χ4n) is 0.692. The van der Waals surface area contributed by atoms with Crippen LogP contribution in [-0.2, 0) is 4.74 Å². The SMILES string of the molecule is CC(C)OC(=O)c1cc(F)cs1. The van der Waals surface area contributed by atoms with Gasteiger partial charge in [0.05, 0.1) is 6.10 Å². The van der Waals surface area contributed by atoms with E-state index in [1.54, 1.807) is 13.8 Å². The number of carbonyl (C=O) groups excluding carboxylic acids is 1. The van der Waals surface area contributed by atoms with Gasteiger partial charge in [0, 0.05) is 5.38 Å². The number of rotatable bonds is 2. The van der Waals surface area contributed by atoms with Crippen LogP contribution in [0.15, 0.2) is 11.4 Å². The molecule has 0 unspecified atom stereocenters. The second-order valence-corrected chi connectivity index (χ2v) is 3.49. The number of thiophene rings is 1. The molecule has 1 rings (SSSR count). The highest BCUT2D eigenvalue weighted by Gasteiger charge is 2.11. The summed E-state index contributed by atoms with van der Waals surface area (Å²) in [6.07, 6.45) is -0.164. The van der Waals surface area contributed by atoms with E-state index in [0.29, 0.717) is 4.88 Å². The van der Waals surface area contributed by atoms with Gasteiger partial charge in [0.15, 0.2) is 0 Å². The molecule has 0 saturated heterocycles. The Balaban J connectivity index is 2.65. The number of ether oxygens (including phenoxy) is 1. The normalized spacial score (nSPS) is 10.3. The molecule has 1 heterocycles. The summed E-state index contributed by atoms with van der Waals surface area (Å²) in [7, 11) is 0. The van der Waals surface area contributed by atoms with E-state index < -0.39 is 11.8 Å². The van der Waals surface area contributed by atoms with Gasteiger partial charge < -0.3 is 4.74 Å². The van der Waals surface area contributed by atoms with Gasteiger partial charge in [-0.3, -0.25) is 0 Å². The highest BCUT2D eigenvalue weighted by Crippen LogP contribution is 2.14. The fourth-order valence-corrected chi connectivity index (χ4v) is 1.32. The molecule has 0 atom stereocenters. The molecule has 0 amide bonds. The van der Waals surface area contributed by atoms with Crippen molar-refractivity contribution in [1.82, 2.24) is 0 Å². The molecule has 0 aliphatic carbocycles. The van der Waals surface area contributed by atoms with Crippen LogP contribution < -0.4 is 0 Å². The molecular weight excluding hydrogens is 179 g/mol. The van der Waals surface area contributed by atoms with E-state index in [9.17, 15) is 9.18 Å². The van der Waals surface area contributed by atoms with Crippen molar-refractivity contribution in [2.45, 2.75) is 20.0 Å². The van der Waals surface area contributed by atoms with Crippen LogP contribution >= 0.6 is 11.3 Å². The van der Waals surface area contributed by atoms with Crippen molar-refractivity contribution in [2.75, 3.05) is 0 Å². The molecule has 0 saturated carbocycles. The maximum absolute atomic E-state index is 12.4. The molecule has 0 aromatic carbocycles. The number of esters is 1. The van der Waals surface area contributed by atoms with Crippen LogP contribution in [0.25, 0.3) is 0 Å². The Kier molecular flexibility index (Phi) is 2.81. The Morgan fingerprint density at radius 3 is 2.75 bits per heavy atom. The van der Waals surface area contributed by atoms with E-state index in [1.807, 2.05) is 0 Å². The monoisotopic (exact) mass is 188 g/mol. The smallest absolute Gasteiger partial charge is 0.348 e. The van der Waals surface area contributed by atoms with Crippen molar-refractivity contribution in [3.05, 3.63) is 22.1 Å². The van der Waals surface area contributed by atoms with Crippen molar-refractivity contribution in [3.63, 3.8) is 0 Å². The first-order valence-electron chi connectivity index (χ1n) is 3.54. The lowest BCUT2D eigenvalue weighted by Crippen LogP contribution is -2.09. The molecule has 0 aliphatic rings. The van der Waals surface area contributed by atoms with Crippen molar-refractivity contribution >= 4 is 17.3 Å². The summed E-state index contributed by atoms with van der Waals surface area (Å²) in [5, 5.41) is 1.27. The molecule has 0 aliphatic heterocycles. The molecule has 12 heavy (non-hydrogen) atoms. The second kappa shape index (κ2) is 3.67. The summed E-state index contributed by atoms with van der Waals surface area (Å²) < 4.78 is 17.3. The lowest BCUT2D eigenvalue weighted by atomic mass is 10.4. The van der Waals surface area contributed by atoms with Gasteiger partial charge in [-0.25, -0.2) is 9.18 Å². The first-order valence-corrected chi connectivity index (χ1v) is 4.42. The Morgan fingerprint density at radius 2 is 2.33 bits per heavy atom. The van der Waals surface area contributed by atoms with Gasteiger partial charge in [0.1, 0.15) is 10.7 Å². The maximum Gasteiger partial charge on any atom is 0.348 e. The zero-order valence-electron chi connectivity index (χ0n) is 6.83. The van der Waals surface area contributed by atoms with Crippen LogP contribution in [0.5, 0.6) is 0 Å². The van der Waals surface area contributed by atoms with Gasteiger partial charge in [-0.2, -0.15) is 0 Å². The summed E-state index contributed by atoms with van der Waals surface area (Å²) >= 11 is 1.05. The molecule has 4 heteroatoms. The molecule has 1 aromatic rings. The number of hydrogen-bond donors (Lipinski definition) is 0. The Hall–Kier alpha value is -0.900. The van der Waals surface area contributed by atoms with Crippen molar-refractivity contribution in [1.29, 1.82) is 0 Å². The van der Waals surface area contributed by atoms with Gasteiger partial charge >= 0.3 is 5.97 Å². The first-order chi connectivity index (χ1) is 5.59. The van der Waals surface area contributed by atoms with E-state index in [2.05, 4.69) is 0 Å². The maximum atomic E-state index is 12.4. The van der Waals surface area contributed by atoms with Crippen LogP contribution in [-0.4, -0.2) is 12.1 Å². The molecule has 1 aromatic heterocycles. The summed E-state index contributed by atoms with van der Waals surface area (Å²) in [5.74, 6) is -0.852. The largest absolute Gasteiger partial charge is 0.459 e. The molecule has 66 valence electrons. The van der Waals surface area contributed by atoms with Crippen molar-refractivity contribution in [2.24, 2.45) is 0 Å². The first kappa shape index (κ1) is 9.19. The third kappa shape index (κ3) is 2.30. The minimum absolute atomic E-state index is 0.164. The lowest BCUT2D eigenvalue weighted by Gasteiger charge is -2.04. The predicted octanol–water partition coefficient (Wildman–Crippen LogP) is 2.45. The van der Waals surface area contributed by atoms with E-state index in [1.165, 1.54) is 11.4 Å². The number of halogens is 1. The third-order valence-electron chi connectivity index (χ3n) is 1.11. The van der Waals surface area contributed by atoms with Crippen LogP contribution in [0.3, 0.4) is 0 Å². The fraction of sp³-hybridized carbons (Fsp3) is 0.375. The van der Waals surface area contributed by atoms with Crippen LogP contribution in [0.2, 0.25) is 0 Å². The standard InChI is InChI=1S/C8H9FO2S/c1-5(2)11-8(10)7-3-6(9)4-12-7/h3-5H,1-2H3.